The maximum absolute atomic E-state index is 5.80. The molecule has 15 heavy (non-hydrogen) atoms. The van der Waals surface area contributed by atoms with Crippen LogP contribution in [0.2, 0.25) is 5.28 Å². The Morgan fingerprint density at radius 2 is 2.40 bits per heavy atom. The molecule has 0 aliphatic carbocycles. The molecule has 0 spiro atoms. The quantitative estimate of drug-likeness (QED) is 0.684. The molecule has 1 unspecified atom stereocenters. The fourth-order valence-corrected chi connectivity index (χ4v) is 1.87. The summed E-state index contributed by atoms with van der Waals surface area (Å²) >= 11 is 5.80. The van der Waals surface area contributed by atoms with Crippen molar-refractivity contribution >= 4 is 17.4 Å². The SMILES string of the molecule is Cc1cnc(Cl)nc1N1CCOCC1C. The lowest BCUT2D eigenvalue weighted by Gasteiger charge is -2.34. The van der Waals surface area contributed by atoms with Gasteiger partial charge in [0.25, 0.3) is 0 Å². The molecule has 2 heterocycles. The van der Waals surface area contributed by atoms with Gasteiger partial charge in [0.2, 0.25) is 5.28 Å². The highest BCUT2D eigenvalue weighted by molar-refractivity contribution is 6.28. The monoisotopic (exact) mass is 227 g/mol. The zero-order chi connectivity index (χ0) is 10.8. The van der Waals surface area contributed by atoms with Crippen molar-refractivity contribution in [3.63, 3.8) is 0 Å². The number of halogens is 1. The molecule has 2 rings (SSSR count). The van der Waals surface area contributed by atoms with E-state index < -0.39 is 0 Å². The molecule has 5 heteroatoms. The molecular weight excluding hydrogens is 214 g/mol. The van der Waals surface area contributed by atoms with Crippen LogP contribution in [0.5, 0.6) is 0 Å². The van der Waals surface area contributed by atoms with E-state index in [4.69, 9.17) is 16.3 Å². The summed E-state index contributed by atoms with van der Waals surface area (Å²) in [6.45, 7) is 6.45. The van der Waals surface area contributed by atoms with Crippen molar-refractivity contribution in [2.24, 2.45) is 0 Å². The Bertz CT molecular complexity index is 359. The Hall–Kier alpha value is -0.870. The predicted molar refractivity (Wildman–Crippen MR) is 59.4 cm³/mol. The van der Waals surface area contributed by atoms with E-state index >= 15 is 0 Å². The number of rotatable bonds is 1. The van der Waals surface area contributed by atoms with Crippen molar-refractivity contribution in [3.8, 4) is 0 Å². The second kappa shape index (κ2) is 4.33. The molecule has 0 aromatic carbocycles. The van der Waals surface area contributed by atoms with E-state index in [1.165, 1.54) is 0 Å². The molecule has 0 N–H and O–H groups in total. The van der Waals surface area contributed by atoms with Gasteiger partial charge in [-0.05, 0) is 25.4 Å². The average Bonchev–Trinajstić information content (AvgIpc) is 2.23. The molecule has 1 saturated heterocycles. The average molecular weight is 228 g/mol. The zero-order valence-corrected chi connectivity index (χ0v) is 9.66. The molecule has 0 radical (unpaired) electrons. The van der Waals surface area contributed by atoms with Gasteiger partial charge in [-0.1, -0.05) is 0 Å². The fourth-order valence-electron chi connectivity index (χ4n) is 1.74. The predicted octanol–water partition coefficient (Wildman–Crippen LogP) is 1.66. The molecule has 1 fully saturated rings. The maximum Gasteiger partial charge on any atom is 0.224 e. The van der Waals surface area contributed by atoms with Crippen LogP contribution in [0.25, 0.3) is 0 Å². The van der Waals surface area contributed by atoms with Crippen LogP contribution in [0.4, 0.5) is 5.82 Å². The van der Waals surface area contributed by atoms with Crippen LogP contribution < -0.4 is 4.90 Å². The molecule has 0 amide bonds. The van der Waals surface area contributed by atoms with Gasteiger partial charge in [-0.2, -0.15) is 0 Å². The van der Waals surface area contributed by atoms with E-state index in [1.54, 1.807) is 6.20 Å². The van der Waals surface area contributed by atoms with Crippen LogP contribution in [0.3, 0.4) is 0 Å². The summed E-state index contributed by atoms with van der Waals surface area (Å²) in [6.07, 6.45) is 1.76. The van der Waals surface area contributed by atoms with Crippen molar-refractivity contribution in [2.45, 2.75) is 19.9 Å². The number of nitrogens with zero attached hydrogens (tertiary/aromatic N) is 3. The molecule has 1 aliphatic rings. The Kier molecular flexibility index (Phi) is 3.07. The lowest BCUT2D eigenvalue weighted by molar-refractivity contribution is 0.0984. The number of morpholine rings is 1. The molecule has 0 saturated carbocycles. The number of anilines is 1. The molecule has 1 atom stereocenters. The first-order valence-corrected chi connectivity index (χ1v) is 5.40. The number of aryl methyl sites for hydroxylation is 1. The van der Waals surface area contributed by atoms with Crippen molar-refractivity contribution in [1.82, 2.24) is 9.97 Å². The van der Waals surface area contributed by atoms with E-state index in [0.29, 0.717) is 11.3 Å². The van der Waals surface area contributed by atoms with Gasteiger partial charge in [-0.3, -0.25) is 0 Å². The summed E-state index contributed by atoms with van der Waals surface area (Å²) in [4.78, 5) is 10.4. The lowest BCUT2D eigenvalue weighted by Crippen LogP contribution is -2.44. The first kappa shape index (κ1) is 10.6. The second-order valence-electron chi connectivity index (χ2n) is 3.76. The number of aromatic nitrogens is 2. The molecule has 1 aromatic heterocycles. The van der Waals surface area contributed by atoms with Gasteiger partial charge in [0, 0.05) is 18.3 Å². The Balaban J connectivity index is 2.30. The minimum absolute atomic E-state index is 0.300. The third-order valence-electron chi connectivity index (χ3n) is 2.56. The molecule has 82 valence electrons. The van der Waals surface area contributed by atoms with E-state index in [0.717, 1.165) is 31.1 Å². The highest BCUT2D eigenvalue weighted by Gasteiger charge is 2.21. The summed E-state index contributed by atoms with van der Waals surface area (Å²) in [5.74, 6) is 0.922. The van der Waals surface area contributed by atoms with Gasteiger partial charge in [0.15, 0.2) is 0 Å². The topological polar surface area (TPSA) is 38.2 Å². The number of ether oxygens (including phenoxy) is 1. The third kappa shape index (κ3) is 2.21. The molecule has 1 aliphatic heterocycles. The van der Waals surface area contributed by atoms with E-state index in [-0.39, 0.29) is 0 Å². The van der Waals surface area contributed by atoms with Crippen molar-refractivity contribution in [3.05, 3.63) is 17.0 Å². The van der Waals surface area contributed by atoms with Crippen LogP contribution in [-0.2, 0) is 4.74 Å². The van der Waals surface area contributed by atoms with E-state index in [1.807, 2.05) is 6.92 Å². The summed E-state index contributed by atoms with van der Waals surface area (Å²) in [5.41, 5.74) is 1.05. The summed E-state index contributed by atoms with van der Waals surface area (Å²) in [7, 11) is 0. The Labute approximate surface area is 94.2 Å². The standard InChI is InChI=1S/C10H14ClN3O/c1-7-5-12-10(11)13-9(7)14-3-4-15-6-8(14)2/h5,8H,3-4,6H2,1-2H3. The first-order chi connectivity index (χ1) is 7.18. The smallest absolute Gasteiger partial charge is 0.224 e. The number of hydrogen-bond acceptors (Lipinski definition) is 4. The van der Waals surface area contributed by atoms with Gasteiger partial charge in [-0.25, -0.2) is 9.97 Å². The van der Waals surface area contributed by atoms with Gasteiger partial charge in [0.1, 0.15) is 5.82 Å². The van der Waals surface area contributed by atoms with Gasteiger partial charge in [-0.15, -0.1) is 0 Å². The summed E-state index contributed by atoms with van der Waals surface area (Å²) in [5, 5.41) is 0.300. The maximum atomic E-state index is 5.80. The first-order valence-electron chi connectivity index (χ1n) is 5.02. The molecular formula is C10H14ClN3O. The van der Waals surface area contributed by atoms with Crippen LogP contribution in [0.15, 0.2) is 6.20 Å². The fraction of sp³-hybridized carbons (Fsp3) is 0.600. The minimum Gasteiger partial charge on any atom is -0.377 e. The zero-order valence-electron chi connectivity index (χ0n) is 8.90. The normalized spacial score (nSPS) is 21.8. The van der Waals surface area contributed by atoms with Crippen molar-refractivity contribution < 1.29 is 4.74 Å². The highest BCUT2D eigenvalue weighted by atomic mass is 35.5. The molecule has 0 bridgehead atoms. The van der Waals surface area contributed by atoms with Crippen LogP contribution in [-0.4, -0.2) is 35.8 Å². The highest BCUT2D eigenvalue weighted by Crippen LogP contribution is 2.21. The Morgan fingerprint density at radius 3 is 3.13 bits per heavy atom. The van der Waals surface area contributed by atoms with Crippen LogP contribution in [0.1, 0.15) is 12.5 Å². The number of hydrogen-bond donors (Lipinski definition) is 0. The van der Waals surface area contributed by atoms with E-state index in [9.17, 15) is 0 Å². The van der Waals surface area contributed by atoms with Crippen LogP contribution >= 0.6 is 11.6 Å². The molecule has 4 nitrogen and oxygen atoms in total. The summed E-state index contributed by atoms with van der Waals surface area (Å²) < 4.78 is 5.39. The minimum atomic E-state index is 0.300. The van der Waals surface area contributed by atoms with Gasteiger partial charge in [0.05, 0.1) is 19.3 Å². The van der Waals surface area contributed by atoms with Crippen molar-refractivity contribution in [2.75, 3.05) is 24.7 Å². The third-order valence-corrected chi connectivity index (χ3v) is 2.74. The molecule has 1 aromatic rings. The summed E-state index contributed by atoms with van der Waals surface area (Å²) in [6, 6.07) is 0.336. The van der Waals surface area contributed by atoms with Gasteiger partial charge < -0.3 is 9.64 Å². The largest absolute Gasteiger partial charge is 0.377 e. The lowest BCUT2D eigenvalue weighted by atomic mass is 10.2. The van der Waals surface area contributed by atoms with E-state index in [2.05, 4.69) is 21.8 Å². The van der Waals surface area contributed by atoms with Crippen molar-refractivity contribution in [1.29, 1.82) is 0 Å². The second-order valence-corrected chi connectivity index (χ2v) is 4.10. The van der Waals surface area contributed by atoms with Gasteiger partial charge >= 0.3 is 0 Å². The van der Waals surface area contributed by atoms with Crippen LogP contribution in [0, 0.1) is 6.92 Å². The Morgan fingerprint density at radius 1 is 1.60 bits per heavy atom.